The molecule has 1 aliphatic rings. The summed E-state index contributed by atoms with van der Waals surface area (Å²) in [5.74, 6) is -0.00757. The second kappa shape index (κ2) is 25.5. The van der Waals surface area contributed by atoms with Crippen LogP contribution in [0.3, 0.4) is 0 Å². The van der Waals surface area contributed by atoms with Gasteiger partial charge < -0.3 is 43.0 Å². The Kier molecular flexibility index (Phi) is 21.5. The average Bonchev–Trinajstić information content (AvgIpc) is 3.66. The Morgan fingerprint density at radius 1 is 0.750 bits per heavy atom. The van der Waals surface area contributed by atoms with E-state index >= 15 is 0 Å². The van der Waals surface area contributed by atoms with Crippen molar-refractivity contribution in [3.05, 3.63) is 64.7 Å². The Morgan fingerprint density at radius 2 is 1.29 bits per heavy atom. The quantitative estimate of drug-likeness (QED) is 0.123. The van der Waals surface area contributed by atoms with Crippen LogP contribution in [0.15, 0.2) is 47.4 Å². The number of benzene rings is 2. The summed E-state index contributed by atoms with van der Waals surface area (Å²) in [5.41, 5.74) is 4.10. The van der Waals surface area contributed by atoms with Crippen molar-refractivity contribution < 1.29 is 46.4 Å². The fourth-order valence-electron chi connectivity index (χ4n) is 5.61. The van der Waals surface area contributed by atoms with Crippen LogP contribution in [0.4, 0.5) is 0 Å². The lowest BCUT2D eigenvalue weighted by atomic mass is 10.0. The number of likely N-dealkylation sites (tertiary alicyclic amines) is 1. The van der Waals surface area contributed by atoms with Crippen LogP contribution in [-0.4, -0.2) is 150 Å². The number of hydrogen-bond acceptors (Lipinski definition) is 11. The number of likely N-dealkylation sites (N-methyl/N-ethyl adjacent to an activating group) is 1. The Labute approximate surface area is 311 Å². The Hall–Kier alpha value is -2.50. The first kappa shape index (κ1) is 43.9. The third-order valence-electron chi connectivity index (χ3n) is 8.80. The zero-order chi connectivity index (χ0) is 37.4. The van der Waals surface area contributed by atoms with Crippen LogP contribution in [0.1, 0.15) is 41.1 Å². The van der Waals surface area contributed by atoms with Gasteiger partial charge in [-0.05, 0) is 74.2 Å². The first-order valence-corrected chi connectivity index (χ1v) is 19.8. The molecule has 1 saturated heterocycles. The van der Waals surface area contributed by atoms with E-state index in [0.717, 1.165) is 42.6 Å². The van der Waals surface area contributed by atoms with Crippen LogP contribution in [0, 0.1) is 13.8 Å². The largest absolute Gasteiger partial charge is 0.382 e. The van der Waals surface area contributed by atoms with Crippen molar-refractivity contribution in [2.45, 2.75) is 44.0 Å². The van der Waals surface area contributed by atoms with E-state index in [0.29, 0.717) is 85.8 Å². The van der Waals surface area contributed by atoms with Crippen LogP contribution in [0.25, 0.3) is 0 Å². The van der Waals surface area contributed by atoms with Gasteiger partial charge in [0.1, 0.15) is 0 Å². The minimum Gasteiger partial charge on any atom is -0.382 e. The first-order valence-electron chi connectivity index (χ1n) is 18.3. The Morgan fingerprint density at radius 3 is 1.83 bits per heavy atom. The summed E-state index contributed by atoms with van der Waals surface area (Å²) in [4.78, 5) is 17.8. The zero-order valence-corrected chi connectivity index (χ0v) is 32.5. The summed E-state index contributed by atoms with van der Waals surface area (Å²) in [5, 5.41) is 0. The second-order valence-corrected chi connectivity index (χ2v) is 14.5. The molecule has 13 nitrogen and oxygen atoms in total. The minimum atomic E-state index is -3.79. The van der Waals surface area contributed by atoms with Crippen molar-refractivity contribution in [2.24, 2.45) is 0 Å². The maximum Gasteiger partial charge on any atom is 0.240 e. The van der Waals surface area contributed by atoms with Crippen molar-refractivity contribution >= 4 is 15.9 Å². The molecule has 2 aromatic rings. The summed E-state index contributed by atoms with van der Waals surface area (Å²) in [6.45, 7) is 12.7. The predicted octanol–water partition coefficient (Wildman–Crippen LogP) is 3.17. The number of carbonyl (C=O) groups is 1. The molecule has 1 amide bonds. The third-order valence-corrected chi connectivity index (χ3v) is 10.3. The molecule has 0 bridgehead atoms. The molecule has 14 heteroatoms. The molecule has 1 fully saturated rings. The van der Waals surface area contributed by atoms with Gasteiger partial charge in [0.05, 0.1) is 103 Å². The van der Waals surface area contributed by atoms with Crippen molar-refractivity contribution in [1.82, 2.24) is 14.5 Å². The standard InChI is InChI=1S/C38H61N3O10S/c1-32-10-11-34(28-33(32)2)29-38(42)40(3)37(31-41-13-5-6-14-41)35-8-7-9-36(30-35)52(43,44)39-12-15-46-18-19-48-22-23-50-26-27-51-25-24-49-21-20-47-17-16-45-4/h7-11,28,30,37,39H,5-6,12-27,29,31H2,1-4H3. The highest BCUT2D eigenvalue weighted by molar-refractivity contribution is 7.89. The summed E-state index contributed by atoms with van der Waals surface area (Å²) in [7, 11) is -0.339. The normalized spacial score (nSPS) is 14.2. The van der Waals surface area contributed by atoms with Crippen LogP contribution in [0.2, 0.25) is 0 Å². The molecule has 294 valence electrons. The fraction of sp³-hybridized carbons (Fsp3) is 0.658. The lowest BCUT2D eigenvalue weighted by Gasteiger charge is -2.32. The molecule has 0 aliphatic carbocycles. The monoisotopic (exact) mass is 751 g/mol. The molecule has 1 aliphatic heterocycles. The number of amides is 1. The molecule has 1 unspecified atom stereocenters. The second-order valence-electron chi connectivity index (χ2n) is 12.8. The van der Waals surface area contributed by atoms with E-state index in [-0.39, 0.29) is 36.4 Å². The van der Waals surface area contributed by atoms with E-state index < -0.39 is 10.0 Å². The van der Waals surface area contributed by atoms with Gasteiger partial charge >= 0.3 is 0 Å². The summed E-state index contributed by atoms with van der Waals surface area (Å²) in [6.07, 6.45) is 2.53. The highest BCUT2D eigenvalue weighted by Gasteiger charge is 2.27. The zero-order valence-electron chi connectivity index (χ0n) is 31.6. The number of methoxy groups -OCH3 is 1. The highest BCUT2D eigenvalue weighted by atomic mass is 32.2. The number of hydrogen-bond donors (Lipinski definition) is 1. The lowest BCUT2D eigenvalue weighted by molar-refractivity contribution is -0.131. The van der Waals surface area contributed by atoms with Crippen LogP contribution in [0.5, 0.6) is 0 Å². The number of nitrogens with zero attached hydrogens (tertiary/aromatic N) is 2. The topological polar surface area (TPSA) is 134 Å². The number of aryl methyl sites for hydroxylation is 2. The van der Waals surface area contributed by atoms with Crippen LogP contribution < -0.4 is 4.72 Å². The maximum atomic E-state index is 13.5. The molecular formula is C38H61N3O10S. The first-order chi connectivity index (χ1) is 25.2. The number of nitrogens with one attached hydrogen (secondary N) is 1. The summed E-state index contributed by atoms with van der Waals surface area (Å²) >= 11 is 0. The van der Waals surface area contributed by atoms with Crippen molar-refractivity contribution in [2.75, 3.05) is 126 Å². The van der Waals surface area contributed by atoms with Crippen molar-refractivity contribution in [3.8, 4) is 0 Å². The van der Waals surface area contributed by atoms with E-state index in [1.165, 1.54) is 5.56 Å². The summed E-state index contributed by atoms with van der Waals surface area (Å²) < 4.78 is 66.8. The van der Waals surface area contributed by atoms with Gasteiger partial charge in [-0.25, -0.2) is 13.1 Å². The van der Waals surface area contributed by atoms with Gasteiger partial charge in [-0.2, -0.15) is 0 Å². The highest BCUT2D eigenvalue weighted by Crippen LogP contribution is 2.26. The van der Waals surface area contributed by atoms with Gasteiger partial charge in [-0.1, -0.05) is 30.3 Å². The van der Waals surface area contributed by atoms with Gasteiger partial charge in [-0.3, -0.25) is 4.79 Å². The van der Waals surface area contributed by atoms with E-state index in [1.54, 1.807) is 30.2 Å². The molecule has 0 radical (unpaired) electrons. The van der Waals surface area contributed by atoms with Crippen molar-refractivity contribution in [1.29, 1.82) is 0 Å². The molecule has 0 aromatic heterocycles. The van der Waals surface area contributed by atoms with Gasteiger partial charge in [0.25, 0.3) is 0 Å². The van der Waals surface area contributed by atoms with E-state index in [1.807, 2.05) is 32.2 Å². The van der Waals surface area contributed by atoms with Gasteiger partial charge in [0, 0.05) is 27.2 Å². The summed E-state index contributed by atoms with van der Waals surface area (Å²) in [6, 6.07) is 12.7. The smallest absolute Gasteiger partial charge is 0.240 e. The number of ether oxygens (including phenoxy) is 7. The molecule has 52 heavy (non-hydrogen) atoms. The van der Waals surface area contributed by atoms with Gasteiger partial charge in [-0.15, -0.1) is 0 Å². The molecule has 0 spiro atoms. The molecule has 1 heterocycles. The van der Waals surface area contributed by atoms with E-state index in [4.69, 9.17) is 33.2 Å². The van der Waals surface area contributed by atoms with Gasteiger partial charge in [0.2, 0.25) is 15.9 Å². The van der Waals surface area contributed by atoms with Crippen molar-refractivity contribution in [3.63, 3.8) is 0 Å². The molecular weight excluding hydrogens is 690 g/mol. The van der Waals surface area contributed by atoms with E-state index in [2.05, 4.69) is 22.6 Å². The van der Waals surface area contributed by atoms with E-state index in [9.17, 15) is 13.2 Å². The van der Waals surface area contributed by atoms with Crippen LogP contribution >= 0.6 is 0 Å². The Balaban J connectivity index is 1.32. The molecule has 1 N–H and O–H groups in total. The molecule has 1 atom stereocenters. The SMILES string of the molecule is COCCOCCOCCOCCOCCOCCOCCNS(=O)(=O)c1cccc(C(CN2CCCC2)N(C)C(=O)Cc2ccc(C)c(C)c2)c1. The number of carbonyl (C=O) groups excluding carboxylic acids is 1. The predicted molar refractivity (Wildman–Crippen MR) is 199 cm³/mol. The molecule has 3 rings (SSSR count). The number of sulfonamides is 1. The minimum absolute atomic E-state index is 0.00757. The molecule has 0 saturated carbocycles. The average molecular weight is 752 g/mol. The third kappa shape index (κ3) is 17.1. The fourth-order valence-corrected chi connectivity index (χ4v) is 6.68. The number of rotatable bonds is 29. The van der Waals surface area contributed by atoms with Crippen LogP contribution in [-0.2, 0) is 54.4 Å². The molecule has 2 aromatic carbocycles. The van der Waals surface area contributed by atoms with Gasteiger partial charge in [0.15, 0.2) is 0 Å². The Bertz CT molecular complexity index is 1390. The lowest BCUT2D eigenvalue weighted by Crippen LogP contribution is -2.39. The maximum absolute atomic E-state index is 13.5.